The van der Waals surface area contributed by atoms with Crippen LogP contribution in [0.15, 0.2) is 77.7 Å². The van der Waals surface area contributed by atoms with Gasteiger partial charge in [0.1, 0.15) is 17.3 Å². The summed E-state index contributed by atoms with van der Waals surface area (Å²) >= 11 is 0. The average Bonchev–Trinajstić information content (AvgIpc) is 2.80. The van der Waals surface area contributed by atoms with Gasteiger partial charge in [-0.3, -0.25) is 9.52 Å². The van der Waals surface area contributed by atoms with Crippen LogP contribution in [0.25, 0.3) is 0 Å². The Kier molecular flexibility index (Phi) is 7.89. The van der Waals surface area contributed by atoms with Crippen LogP contribution in [0, 0.1) is 5.82 Å². The zero-order valence-corrected chi connectivity index (χ0v) is 19.1. The second-order valence-electron chi connectivity index (χ2n) is 7.16. The van der Waals surface area contributed by atoms with Gasteiger partial charge in [0.15, 0.2) is 6.61 Å². The Morgan fingerprint density at radius 3 is 2.18 bits per heavy atom. The summed E-state index contributed by atoms with van der Waals surface area (Å²) in [5.74, 6) is 0.263. The van der Waals surface area contributed by atoms with E-state index in [1.165, 1.54) is 35.2 Å². The Hall–Kier alpha value is -3.59. The van der Waals surface area contributed by atoms with E-state index < -0.39 is 10.0 Å². The fourth-order valence-electron chi connectivity index (χ4n) is 2.94. The first-order valence-corrected chi connectivity index (χ1v) is 11.7. The molecule has 0 aliphatic carbocycles. The van der Waals surface area contributed by atoms with Crippen molar-refractivity contribution in [3.63, 3.8) is 0 Å². The number of nitrogens with one attached hydrogen (secondary N) is 1. The number of benzene rings is 3. The highest BCUT2D eigenvalue weighted by molar-refractivity contribution is 7.92. The van der Waals surface area contributed by atoms with Gasteiger partial charge in [0.05, 0.1) is 11.5 Å². The standard InChI is InChI=1S/C24H25FN2O5S/c1-3-31-20-10-8-19(9-11-20)26-33(29,30)22-14-12-21(13-15-22)32-17-24(28)27(2)16-18-6-4-5-7-23(18)25/h4-15,26H,3,16-17H2,1-2H3. The summed E-state index contributed by atoms with van der Waals surface area (Å²) in [6, 6.07) is 18.5. The maximum Gasteiger partial charge on any atom is 0.261 e. The van der Waals surface area contributed by atoms with Crippen molar-refractivity contribution in [1.29, 1.82) is 0 Å². The van der Waals surface area contributed by atoms with Gasteiger partial charge in [-0.05, 0) is 61.5 Å². The lowest BCUT2D eigenvalue weighted by Gasteiger charge is -2.18. The molecule has 0 unspecified atom stereocenters. The fourth-order valence-corrected chi connectivity index (χ4v) is 4.00. The van der Waals surface area contributed by atoms with Gasteiger partial charge in [-0.15, -0.1) is 0 Å². The highest BCUT2D eigenvalue weighted by Crippen LogP contribution is 2.21. The molecular formula is C24H25FN2O5S. The first kappa shape index (κ1) is 24.1. The van der Waals surface area contributed by atoms with E-state index in [0.717, 1.165) is 0 Å². The molecule has 0 aliphatic heterocycles. The second-order valence-corrected chi connectivity index (χ2v) is 8.85. The first-order valence-electron chi connectivity index (χ1n) is 10.2. The van der Waals surface area contributed by atoms with Crippen LogP contribution in [0.2, 0.25) is 0 Å². The molecule has 0 atom stereocenters. The Morgan fingerprint density at radius 2 is 1.55 bits per heavy atom. The number of anilines is 1. The largest absolute Gasteiger partial charge is 0.494 e. The van der Waals surface area contributed by atoms with Crippen molar-refractivity contribution in [3.8, 4) is 11.5 Å². The summed E-state index contributed by atoms with van der Waals surface area (Å²) in [6.07, 6.45) is 0. The third kappa shape index (κ3) is 6.69. The molecule has 33 heavy (non-hydrogen) atoms. The molecule has 0 spiro atoms. The Morgan fingerprint density at radius 1 is 0.939 bits per heavy atom. The fraction of sp³-hybridized carbons (Fsp3) is 0.208. The van der Waals surface area contributed by atoms with Gasteiger partial charge in [0, 0.05) is 24.8 Å². The first-order chi connectivity index (χ1) is 15.8. The predicted octanol–water partition coefficient (Wildman–Crippen LogP) is 4.06. The lowest BCUT2D eigenvalue weighted by Crippen LogP contribution is -2.31. The number of ether oxygens (including phenoxy) is 2. The maximum absolute atomic E-state index is 13.8. The number of rotatable bonds is 10. The molecule has 0 heterocycles. The molecule has 3 aromatic carbocycles. The smallest absolute Gasteiger partial charge is 0.261 e. The monoisotopic (exact) mass is 472 g/mol. The van der Waals surface area contributed by atoms with Crippen molar-refractivity contribution in [2.24, 2.45) is 0 Å². The molecule has 0 saturated heterocycles. The van der Waals surface area contributed by atoms with E-state index in [-0.39, 0.29) is 29.8 Å². The van der Waals surface area contributed by atoms with E-state index in [0.29, 0.717) is 29.4 Å². The molecule has 0 bridgehead atoms. The van der Waals surface area contributed by atoms with Gasteiger partial charge in [0.2, 0.25) is 0 Å². The van der Waals surface area contributed by atoms with Crippen molar-refractivity contribution in [1.82, 2.24) is 4.90 Å². The highest BCUT2D eigenvalue weighted by atomic mass is 32.2. The molecular weight excluding hydrogens is 447 g/mol. The van der Waals surface area contributed by atoms with Crippen molar-refractivity contribution in [2.45, 2.75) is 18.4 Å². The van der Waals surface area contributed by atoms with Crippen LogP contribution in [-0.2, 0) is 21.4 Å². The number of likely N-dealkylation sites (N-methyl/N-ethyl adjacent to an activating group) is 1. The van der Waals surface area contributed by atoms with Crippen molar-refractivity contribution in [2.75, 3.05) is 25.0 Å². The number of amides is 1. The number of hydrogen-bond acceptors (Lipinski definition) is 5. The quantitative estimate of drug-likeness (QED) is 0.481. The molecule has 1 N–H and O–H groups in total. The average molecular weight is 473 g/mol. The molecule has 0 fully saturated rings. The Bertz CT molecular complexity index is 1180. The summed E-state index contributed by atoms with van der Waals surface area (Å²) in [4.78, 5) is 13.7. The van der Waals surface area contributed by atoms with Crippen LogP contribution in [0.4, 0.5) is 10.1 Å². The van der Waals surface area contributed by atoms with E-state index in [1.54, 1.807) is 49.5 Å². The van der Waals surface area contributed by atoms with E-state index in [1.807, 2.05) is 6.92 Å². The van der Waals surface area contributed by atoms with Crippen LogP contribution in [0.1, 0.15) is 12.5 Å². The second kappa shape index (κ2) is 10.8. The summed E-state index contributed by atoms with van der Waals surface area (Å²) in [5.41, 5.74) is 0.810. The Labute approximate surface area is 192 Å². The molecule has 1 amide bonds. The summed E-state index contributed by atoms with van der Waals surface area (Å²) in [5, 5.41) is 0. The van der Waals surface area contributed by atoms with Crippen LogP contribution in [0.3, 0.4) is 0 Å². The summed E-state index contributed by atoms with van der Waals surface area (Å²) < 4.78 is 52.3. The highest BCUT2D eigenvalue weighted by Gasteiger charge is 2.16. The number of halogens is 1. The van der Waals surface area contributed by atoms with E-state index in [9.17, 15) is 17.6 Å². The van der Waals surface area contributed by atoms with Crippen molar-refractivity contribution < 1.29 is 27.1 Å². The molecule has 0 radical (unpaired) electrons. The van der Waals surface area contributed by atoms with Gasteiger partial charge in [-0.1, -0.05) is 18.2 Å². The number of carbonyl (C=O) groups excluding carboxylic acids is 1. The molecule has 3 rings (SSSR count). The van der Waals surface area contributed by atoms with E-state index in [4.69, 9.17) is 9.47 Å². The molecule has 174 valence electrons. The molecule has 7 nitrogen and oxygen atoms in total. The van der Waals surface area contributed by atoms with Crippen LogP contribution in [0.5, 0.6) is 11.5 Å². The van der Waals surface area contributed by atoms with Gasteiger partial charge in [-0.2, -0.15) is 0 Å². The molecule has 9 heteroatoms. The number of nitrogens with zero attached hydrogens (tertiary/aromatic N) is 1. The zero-order chi connectivity index (χ0) is 23.8. The van der Waals surface area contributed by atoms with Crippen molar-refractivity contribution >= 4 is 21.6 Å². The minimum absolute atomic E-state index is 0.0479. The van der Waals surface area contributed by atoms with Crippen molar-refractivity contribution in [3.05, 3.63) is 84.2 Å². The number of sulfonamides is 1. The zero-order valence-electron chi connectivity index (χ0n) is 18.3. The third-order valence-corrected chi connectivity index (χ3v) is 6.10. The lowest BCUT2D eigenvalue weighted by atomic mass is 10.2. The maximum atomic E-state index is 13.8. The van der Waals surface area contributed by atoms with E-state index >= 15 is 0 Å². The van der Waals surface area contributed by atoms with Gasteiger partial charge < -0.3 is 14.4 Å². The summed E-state index contributed by atoms with van der Waals surface area (Å²) in [6.45, 7) is 2.24. The molecule has 0 aromatic heterocycles. The minimum atomic E-state index is -3.80. The summed E-state index contributed by atoms with van der Waals surface area (Å²) in [7, 11) is -2.24. The third-order valence-electron chi connectivity index (χ3n) is 4.70. The van der Waals surface area contributed by atoms with Crippen LogP contribution >= 0.6 is 0 Å². The van der Waals surface area contributed by atoms with Crippen LogP contribution < -0.4 is 14.2 Å². The molecule has 3 aromatic rings. The van der Waals surface area contributed by atoms with Crippen LogP contribution in [-0.4, -0.2) is 39.5 Å². The number of hydrogen-bond donors (Lipinski definition) is 1. The molecule has 0 saturated carbocycles. The number of carbonyl (C=O) groups is 1. The van der Waals surface area contributed by atoms with Gasteiger partial charge >= 0.3 is 0 Å². The topological polar surface area (TPSA) is 84.9 Å². The SMILES string of the molecule is CCOc1ccc(NS(=O)(=O)c2ccc(OCC(=O)N(C)Cc3ccccc3F)cc2)cc1. The van der Waals surface area contributed by atoms with E-state index in [2.05, 4.69) is 4.72 Å². The normalized spacial score (nSPS) is 11.0. The van der Waals surface area contributed by atoms with Gasteiger partial charge in [-0.25, -0.2) is 12.8 Å². The minimum Gasteiger partial charge on any atom is -0.494 e. The Balaban J connectivity index is 1.55. The molecule has 0 aliphatic rings. The predicted molar refractivity (Wildman–Crippen MR) is 123 cm³/mol. The lowest BCUT2D eigenvalue weighted by molar-refractivity contribution is -0.132. The van der Waals surface area contributed by atoms with Gasteiger partial charge in [0.25, 0.3) is 15.9 Å².